The summed E-state index contributed by atoms with van der Waals surface area (Å²) >= 11 is 8.91. The Morgan fingerprint density at radius 3 is 2.94 bits per heavy atom. The summed E-state index contributed by atoms with van der Waals surface area (Å²) in [5.41, 5.74) is 8.81. The smallest absolute Gasteiger partial charge is 0.251 e. The molecule has 0 saturated carbocycles. The topological polar surface area (TPSA) is 99.2 Å². The summed E-state index contributed by atoms with van der Waals surface area (Å²) in [6.45, 7) is 1.14. The molecule has 2 amide bonds. The van der Waals surface area contributed by atoms with Crippen molar-refractivity contribution < 1.29 is 14.3 Å². The molecule has 0 atom stereocenters. The van der Waals surface area contributed by atoms with Crippen molar-refractivity contribution in [3.05, 3.63) is 39.2 Å². The molecule has 3 aromatic rings. The fraction of sp³-hybridized carbons (Fsp3) is 0.381. The molecule has 2 aromatic heterocycles. The Bertz CT molecular complexity index is 1140. The molecule has 31 heavy (non-hydrogen) atoms. The van der Waals surface area contributed by atoms with Crippen LogP contribution < -0.4 is 11.1 Å². The highest BCUT2D eigenvalue weighted by Gasteiger charge is 2.25. The fourth-order valence-corrected chi connectivity index (χ4v) is 6.12. The van der Waals surface area contributed by atoms with Crippen molar-refractivity contribution >= 4 is 62.5 Å². The number of amides is 2. The molecule has 0 aliphatic heterocycles. The van der Waals surface area contributed by atoms with E-state index in [0.29, 0.717) is 33.9 Å². The zero-order chi connectivity index (χ0) is 22.0. The maximum absolute atomic E-state index is 12.7. The summed E-state index contributed by atoms with van der Waals surface area (Å²) in [4.78, 5) is 30.5. The number of anilines is 1. The van der Waals surface area contributed by atoms with Crippen molar-refractivity contribution in [1.82, 2.24) is 9.55 Å². The number of aromatic nitrogens is 2. The van der Waals surface area contributed by atoms with E-state index in [1.807, 2.05) is 16.7 Å². The van der Waals surface area contributed by atoms with E-state index in [1.54, 1.807) is 13.2 Å². The molecule has 1 aliphatic rings. The molecule has 0 bridgehead atoms. The molecular weight excluding hydrogens is 456 g/mol. The Hall–Kier alpha value is -2.07. The predicted octanol–water partition coefficient (Wildman–Crippen LogP) is 4.11. The first-order valence-electron chi connectivity index (χ1n) is 9.99. The highest BCUT2D eigenvalue weighted by molar-refractivity contribution is 7.99. The number of hydrogen-bond donors (Lipinski definition) is 2. The molecule has 0 spiro atoms. The van der Waals surface area contributed by atoms with Crippen LogP contribution in [0.25, 0.3) is 11.0 Å². The SMILES string of the molecule is COCCn1c(SCC(=O)Nc2sc3c(c2C(N)=O)CCCC3)nc2cc(Cl)ccc21. The van der Waals surface area contributed by atoms with Crippen molar-refractivity contribution in [1.29, 1.82) is 0 Å². The molecule has 2 heterocycles. The van der Waals surface area contributed by atoms with Crippen LogP contribution >= 0.6 is 34.7 Å². The van der Waals surface area contributed by atoms with Crippen molar-refractivity contribution in [2.45, 2.75) is 37.4 Å². The van der Waals surface area contributed by atoms with E-state index >= 15 is 0 Å². The summed E-state index contributed by atoms with van der Waals surface area (Å²) in [7, 11) is 1.65. The maximum atomic E-state index is 12.7. The number of methoxy groups -OCH3 is 1. The van der Waals surface area contributed by atoms with Crippen molar-refractivity contribution in [2.24, 2.45) is 5.73 Å². The van der Waals surface area contributed by atoms with Gasteiger partial charge in [-0.1, -0.05) is 23.4 Å². The Balaban J connectivity index is 1.51. The van der Waals surface area contributed by atoms with Crippen LogP contribution in [-0.4, -0.2) is 40.8 Å². The molecule has 1 aromatic carbocycles. The van der Waals surface area contributed by atoms with Gasteiger partial charge in [0.25, 0.3) is 5.91 Å². The summed E-state index contributed by atoms with van der Waals surface area (Å²) in [6.07, 6.45) is 3.89. The largest absolute Gasteiger partial charge is 0.383 e. The highest BCUT2D eigenvalue weighted by Crippen LogP contribution is 2.38. The average Bonchev–Trinajstić information content (AvgIpc) is 3.27. The zero-order valence-electron chi connectivity index (χ0n) is 17.1. The Morgan fingerprint density at radius 1 is 1.35 bits per heavy atom. The standard InChI is InChI=1S/C21H23ClN4O3S2/c1-29-9-8-26-15-7-6-12(22)10-14(15)24-21(26)30-11-17(27)25-20-18(19(23)28)13-4-2-3-5-16(13)31-20/h6-7,10H,2-5,8-9,11H2,1H3,(H2,23,28)(H,25,27). The number of ether oxygens (including phenoxy) is 1. The van der Waals surface area contributed by atoms with Gasteiger partial charge in [-0.05, 0) is 49.4 Å². The van der Waals surface area contributed by atoms with Crippen LogP contribution in [0, 0.1) is 0 Å². The molecular formula is C21H23ClN4O3S2. The number of halogens is 1. The van der Waals surface area contributed by atoms with E-state index in [9.17, 15) is 9.59 Å². The number of aryl methyl sites for hydroxylation is 1. The molecule has 0 saturated heterocycles. The second-order valence-corrected chi connectivity index (χ2v) is 9.77. The third-order valence-electron chi connectivity index (χ3n) is 5.20. The highest BCUT2D eigenvalue weighted by atomic mass is 35.5. The first-order valence-corrected chi connectivity index (χ1v) is 12.2. The Labute approximate surface area is 193 Å². The van der Waals surface area contributed by atoms with Crippen LogP contribution in [-0.2, 0) is 28.9 Å². The molecule has 0 radical (unpaired) electrons. The number of benzene rings is 1. The van der Waals surface area contributed by atoms with Gasteiger partial charge in [-0.25, -0.2) is 4.98 Å². The molecule has 1 aliphatic carbocycles. The maximum Gasteiger partial charge on any atom is 0.251 e. The minimum atomic E-state index is -0.486. The average molecular weight is 479 g/mol. The number of rotatable bonds is 8. The van der Waals surface area contributed by atoms with E-state index in [0.717, 1.165) is 47.2 Å². The van der Waals surface area contributed by atoms with Gasteiger partial charge in [-0.3, -0.25) is 9.59 Å². The van der Waals surface area contributed by atoms with E-state index < -0.39 is 5.91 Å². The molecule has 10 heteroatoms. The Kier molecular flexibility index (Phi) is 6.86. The lowest BCUT2D eigenvalue weighted by Crippen LogP contribution is -2.19. The van der Waals surface area contributed by atoms with Crippen LogP contribution in [0.1, 0.15) is 33.6 Å². The van der Waals surface area contributed by atoms with Gasteiger partial charge in [0.2, 0.25) is 5.91 Å². The number of primary amides is 1. The second-order valence-electron chi connectivity index (χ2n) is 7.29. The minimum Gasteiger partial charge on any atom is -0.383 e. The number of nitrogens with zero attached hydrogens (tertiary/aromatic N) is 2. The number of thioether (sulfide) groups is 1. The predicted molar refractivity (Wildman–Crippen MR) is 125 cm³/mol. The number of carbonyl (C=O) groups is 2. The second kappa shape index (κ2) is 9.60. The lowest BCUT2D eigenvalue weighted by Gasteiger charge is -2.11. The summed E-state index contributed by atoms with van der Waals surface area (Å²) in [6, 6.07) is 5.54. The molecule has 0 fully saturated rings. The number of nitrogens with one attached hydrogen (secondary N) is 1. The number of carbonyl (C=O) groups excluding carboxylic acids is 2. The number of hydrogen-bond acceptors (Lipinski definition) is 6. The minimum absolute atomic E-state index is 0.158. The van der Waals surface area contributed by atoms with E-state index in [2.05, 4.69) is 10.3 Å². The first kappa shape index (κ1) is 22.1. The van der Waals surface area contributed by atoms with Crippen molar-refractivity contribution in [3.8, 4) is 0 Å². The van der Waals surface area contributed by atoms with E-state index in [4.69, 9.17) is 22.1 Å². The molecule has 4 rings (SSSR count). The fourth-order valence-electron chi connectivity index (χ4n) is 3.80. The first-order chi connectivity index (χ1) is 15.0. The van der Waals surface area contributed by atoms with Crippen LogP contribution in [0.4, 0.5) is 5.00 Å². The Morgan fingerprint density at radius 2 is 2.16 bits per heavy atom. The zero-order valence-corrected chi connectivity index (χ0v) is 19.5. The molecule has 0 unspecified atom stereocenters. The van der Waals surface area contributed by atoms with E-state index in [-0.39, 0.29) is 11.7 Å². The molecule has 7 nitrogen and oxygen atoms in total. The van der Waals surface area contributed by atoms with Gasteiger partial charge in [0.05, 0.1) is 29.0 Å². The van der Waals surface area contributed by atoms with Crippen LogP contribution in [0.15, 0.2) is 23.4 Å². The quantitative estimate of drug-likeness (QED) is 0.475. The molecule has 164 valence electrons. The summed E-state index contributed by atoms with van der Waals surface area (Å²) in [5, 5.41) is 4.78. The monoisotopic (exact) mass is 478 g/mol. The van der Waals surface area contributed by atoms with Crippen LogP contribution in [0.5, 0.6) is 0 Å². The summed E-state index contributed by atoms with van der Waals surface area (Å²) in [5.74, 6) is -0.528. The third-order valence-corrected chi connectivity index (χ3v) is 7.62. The van der Waals surface area contributed by atoms with Crippen LogP contribution in [0.3, 0.4) is 0 Å². The van der Waals surface area contributed by atoms with Gasteiger partial charge in [-0.15, -0.1) is 11.3 Å². The van der Waals surface area contributed by atoms with Crippen molar-refractivity contribution in [3.63, 3.8) is 0 Å². The van der Waals surface area contributed by atoms with Gasteiger partial charge in [0, 0.05) is 23.6 Å². The lowest BCUT2D eigenvalue weighted by molar-refractivity contribution is -0.113. The van der Waals surface area contributed by atoms with E-state index in [1.165, 1.54) is 23.1 Å². The number of nitrogens with two attached hydrogens (primary N) is 1. The van der Waals surface area contributed by atoms with Crippen LogP contribution in [0.2, 0.25) is 5.02 Å². The van der Waals surface area contributed by atoms with Gasteiger partial charge in [-0.2, -0.15) is 0 Å². The number of fused-ring (bicyclic) bond motifs is 2. The number of imidazole rings is 1. The van der Waals surface area contributed by atoms with Gasteiger partial charge in [0.15, 0.2) is 5.16 Å². The van der Waals surface area contributed by atoms with Gasteiger partial charge in [0.1, 0.15) is 5.00 Å². The van der Waals surface area contributed by atoms with Crippen molar-refractivity contribution in [2.75, 3.05) is 24.8 Å². The number of thiophene rings is 1. The normalized spacial score (nSPS) is 13.4. The van der Waals surface area contributed by atoms with Gasteiger partial charge >= 0.3 is 0 Å². The lowest BCUT2D eigenvalue weighted by atomic mass is 9.95. The molecule has 3 N–H and O–H groups in total. The van der Waals surface area contributed by atoms with Gasteiger partial charge < -0.3 is 20.4 Å². The third kappa shape index (κ3) is 4.74. The summed E-state index contributed by atoms with van der Waals surface area (Å²) < 4.78 is 7.24.